The first-order valence-corrected chi connectivity index (χ1v) is 6.35. The molecule has 0 unspecified atom stereocenters. The van der Waals surface area contributed by atoms with E-state index in [1.165, 1.54) is 22.2 Å². The van der Waals surface area contributed by atoms with Gasteiger partial charge in [-0.2, -0.15) is 0 Å². The lowest BCUT2D eigenvalue weighted by Gasteiger charge is -2.10. The molecule has 0 fully saturated rings. The molecule has 2 aromatic rings. The minimum Gasteiger partial charge on any atom is -0.253 e. The predicted molar refractivity (Wildman–Crippen MR) is 73.0 cm³/mol. The molecule has 0 saturated carbocycles. The topological polar surface area (TPSA) is 12.9 Å². The number of fused-ring (bicyclic) bond motifs is 1. The third-order valence-corrected chi connectivity index (χ3v) is 3.76. The molecule has 0 N–H and O–H groups in total. The summed E-state index contributed by atoms with van der Waals surface area (Å²) in [6, 6.07) is 6.51. The predicted octanol–water partition coefficient (Wildman–Crippen LogP) is 4.74. The van der Waals surface area contributed by atoms with E-state index < -0.39 is 0 Å². The molecule has 0 amide bonds. The van der Waals surface area contributed by atoms with Crippen molar-refractivity contribution < 1.29 is 0 Å². The molecule has 0 saturated heterocycles. The van der Waals surface area contributed by atoms with Crippen LogP contribution in [0.3, 0.4) is 0 Å². The highest BCUT2D eigenvalue weighted by Crippen LogP contribution is 2.27. The van der Waals surface area contributed by atoms with Gasteiger partial charge in [0.25, 0.3) is 0 Å². The average Bonchev–Trinajstić information content (AvgIpc) is 2.20. The number of pyridine rings is 1. The molecule has 0 atom stereocenters. The van der Waals surface area contributed by atoms with Crippen molar-refractivity contribution >= 4 is 26.8 Å². The molecule has 16 heavy (non-hydrogen) atoms. The van der Waals surface area contributed by atoms with Crippen LogP contribution in [0.5, 0.6) is 0 Å². The molecule has 84 valence electrons. The molecule has 0 aliphatic heterocycles. The molecule has 0 bridgehead atoms. The summed E-state index contributed by atoms with van der Waals surface area (Å²) in [5.41, 5.74) is 4.82. The molecule has 2 heteroatoms. The number of aromatic nitrogens is 1. The molecular formula is C14H16BrN. The van der Waals surface area contributed by atoms with Gasteiger partial charge in [0.2, 0.25) is 0 Å². The Morgan fingerprint density at radius 2 is 1.75 bits per heavy atom. The first kappa shape index (κ1) is 11.6. The van der Waals surface area contributed by atoms with Gasteiger partial charge < -0.3 is 0 Å². The van der Waals surface area contributed by atoms with Crippen molar-refractivity contribution in [2.45, 2.75) is 33.6 Å². The quantitative estimate of drug-likeness (QED) is 0.734. The van der Waals surface area contributed by atoms with Crippen molar-refractivity contribution in [1.82, 2.24) is 4.98 Å². The summed E-state index contributed by atoms with van der Waals surface area (Å²) < 4.78 is 1.13. The standard InChI is InChI=1S/C14H16BrN/c1-8(2)13-6-9(3)11-5-10(4)12(15)7-14(11)16-13/h5-8H,1-4H3. The van der Waals surface area contributed by atoms with E-state index in [1.807, 2.05) is 0 Å². The van der Waals surface area contributed by atoms with Gasteiger partial charge in [-0.15, -0.1) is 0 Å². The summed E-state index contributed by atoms with van der Waals surface area (Å²) in [7, 11) is 0. The van der Waals surface area contributed by atoms with Gasteiger partial charge >= 0.3 is 0 Å². The number of halogens is 1. The van der Waals surface area contributed by atoms with E-state index in [-0.39, 0.29) is 0 Å². The van der Waals surface area contributed by atoms with Crippen LogP contribution < -0.4 is 0 Å². The third kappa shape index (κ3) is 1.99. The van der Waals surface area contributed by atoms with Crippen LogP contribution >= 0.6 is 15.9 Å². The maximum atomic E-state index is 4.71. The van der Waals surface area contributed by atoms with Gasteiger partial charge in [-0.25, -0.2) is 0 Å². The van der Waals surface area contributed by atoms with Crippen molar-refractivity contribution in [2.75, 3.05) is 0 Å². The van der Waals surface area contributed by atoms with E-state index in [0.717, 1.165) is 9.99 Å². The Hall–Kier alpha value is -0.890. The van der Waals surface area contributed by atoms with Crippen LogP contribution in [0, 0.1) is 13.8 Å². The summed E-state index contributed by atoms with van der Waals surface area (Å²) >= 11 is 3.56. The van der Waals surface area contributed by atoms with Crippen LogP contribution in [0.25, 0.3) is 10.9 Å². The zero-order valence-electron chi connectivity index (χ0n) is 10.1. The highest BCUT2D eigenvalue weighted by molar-refractivity contribution is 9.10. The number of benzene rings is 1. The minimum atomic E-state index is 0.475. The highest BCUT2D eigenvalue weighted by Gasteiger charge is 2.07. The van der Waals surface area contributed by atoms with Gasteiger partial charge in [0.15, 0.2) is 0 Å². The van der Waals surface area contributed by atoms with Gasteiger partial charge in [0.1, 0.15) is 0 Å². The summed E-state index contributed by atoms with van der Waals surface area (Å²) in [6.07, 6.45) is 0. The summed E-state index contributed by atoms with van der Waals surface area (Å²) in [4.78, 5) is 4.71. The fourth-order valence-corrected chi connectivity index (χ4v) is 2.18. The largest absolute Gasteiger partial charge is 0.253 e. The summed E-state index contributed by atoms with van der Waals surface area (Å²) in [6.45, 7) is 8.62. The molecule has 1 aromatic heterocycles. The van der Waals surface area contributed by atoms with Gasteiger partial charge in [-0.3, -0.25) is 4.98 Å². The van der Waals surface area contributed by atoms with Crippen LogP contribution in [0.2, 0.25) is 0 Å². The third-order valence-electron chi connectivity index (χ3n) is 2.91. The summed E-state index contributed by atoms with van der Waals surface area (Å²) in [5, 5.41) is 1.25. The zero-order chi connectivity index (χ0) is 11.9. The normalized spacial score (nSPS) is 11.4. The summed E-state index contributed by atoms with van der Waals surface area (Å²) in [5.74, 6) is 0.475. The lowest BCUT2D eigenvalue weighted by atomic mass is 10.0. The van der Waals surface area contributed by atoms with E-state index in [0.29, 0.717) is 5.92 Å². The van der Waals surface area contributed by atoms with Crippen molar-refractivity contribution in [3.8, 4) is 0 Å². The van der Waals surface area contributed by atoms with Gasteiger partial charge in [0, 0.05) is 15.6 Å². The van der Waals surface area contributed by atoms with Crippen molar-refractivity contribution in [1.29, 1.82) is 0 Å². The molecule has 0 radical (unpaired) electrons. The van der Waals surface area contributed by atoms with E-state index >= 15 is 0 Å². The zero-order valence-corrected chi connectivity index (χ0v) is 11.7. The van der Waals surface area contributed by atoms with E-state index in [2.05, 4.69) is 61.8 Å². The Morgan fingerprint density at radius 1 is 1.06 bits per heavy atom. The molecule has 0 aliphatic carbocycles. The first-order chi connectivity index (χ1) is 7.49. The lowest BCUT2D eigenvalue weighted by Crippen LogP contribution is -1.95. The maximum Gasteiger partial charge on any atom is 0.0719 e. The number of hydrogen-bond donors (Lipinski definition) is 0. The molecule has 1 aromatic carbocycles. The SMILES string of the molecule is Cc1cc2c(C)cc(C(C)C)nc2cc1Br. The average molecular weight is 278 g/mol. The van der Waals surface area contributed by atoms with Gasteiger partial charge in [0.05, 0.1) is 5.52 Å². The second kappa shape index (κ2) is 4.17. The lowest BCUT2D eigenvalue weighted by molar-refractivity contribution is 0.828. The Bertz CT molecular complexity index is 544. The molecule has 1 nitrogen and oxygen atoms in total. The second-order valence-corrected chi connectivity index (χ2v) is 5.49. The molecule has 1 heterocycles. The molecule has 0 spiro atoms. The Kier molecular flexibility index (Phi) is 3.02. The van der Waals surface area contributed by atoms with E-state index in [4.69, 9.17) is 4.98 Å². The van der Waals surface area contributed by atoms with Crippen LogP contribution in [0.1, 0.15) is 36.6 Å². The highest BCUT2D eigenvalue weighted by atomic mass is 79.9. The number of aryl methyl sites for hydroxylation is 2. The van der Waals surface area contributed by atoms with Crippen LogP contribution in [-0.2, 0) is 0 Å². The van der Waals surface area contributed by atoms with Gasteiger partial charge in [-0.1, -0.05) is 29.8 Å². The minimum absolute atomic E-state index is 0.475. The Balaban J connectivity index is 2.77. The van der Waals surface area contributed by atoms with E-state index in [1.54, 1.807) is 0 Å². The smallest absolute Gasteiger partial charge is 0.0719 e. The Morgan fingerprint density at radius 3 is 2.38 bits per heavy atom. The first-order valence-electron chi connectivity index (χ1n) is 5.56. The fourth-order valence-electron chi connectivity index (χ4n) is 1.85. The molecular weight excluding hydrogens is 262 g/mol. The van der Waals surface area contributed by atoms with Gasteiger partial charge in [-0.05, 0) is 49.1 Å². The monoisotopic (exact) mass is 277 g/mol. The van der Waals surface area contributed by atoms with E-state index in [9.17, 15) is 0 Å². The molecule has 2 rings (SSSR count). The maximum absolute atomic E-state index is 4.71. The van der Waals surface area contributed by atoms with Crippen molar-refractivity contribution in [3.05, 3.63) is 39.5 Å². The second-order valence-electron chi connectivity index (χ2n) is 4.64. The van der Waals surface area contributed by atoms with Crippen molar-refractivity contribution in [2.24, 2.45) is 0 Å². The van der Waals surface area contributed by atoms with Crippen LogP contribution in [0.15, 0.2) is 22.7 Å². The van der Waals surface area contributed by atoms with Crippen molar-refractivity contribution in [3.63, 3.8) is 0 Å². The van der Waals surface area contributed by atoms with Crippen LogP contribution in [-0.4, -0.2) is 4.98 Å². The Labute approximate surface area is 105 Å². The van der Waals surface area contributed by atoms with Crippen LogP contribution in [0.4, 0.5) is 0 Å². The fraction of sp³-hybridized carbons (Fsp3) is 0.357. The number of nitrogens with zero attached hydrogens (tertiary/aromatic N) is 1. The number of rotatable bonds is 1. The molecule has 0 aliphatic rings. The number of hydrogen-bond acceptors (Lipinski definition) is 1.